The van der Waals surface area contributed by atoms with Crippen molar-refractivity contribution < 1.29 is 9.31 Å². The number of hydrogen-bond acceptors (Lipinski definition) is 1. The fourth-order valence-corrected chi connectivity index (χ4v) is 2.07. The molecule has 0 radical (unpaired) electrons. The molecule has 0 amide bonds. The number of fused-ring (bicyclic) bond motifs is 1. The lowest BCUT2D eigenvalue weighted by atomic mass is 10.2. The van der Waals surface area contributed by atoms with Gasteiger partial charge in [-0.25, -0.2) is 0 Å². The molecule has 0 aliphatic carbocycles. The van der Waals surface area contributed by atoms with Crippen LogP contribution in [0.2, 0.25) is 0 Å². The second kappa shape index (κ2) is 4.06. The molecule has 1 atom stereocenters. The molecule has 2 aromatic carbocycles. The lowest BCUT2D eigenvalue weighted by molar-refractivity contribution is -0.522. The second-order valence-electron chi connectivity index (χ2n) is 4.13. The van der Waals surface area contributed by atoms with Gasteiger partial charge in [0.1, 0.15) is 5.75 Å². The normalized spacial score (nSPS) is 17.9. The maximum absolute atomic E-state index is 5.89. The highest BCUT2D eigenvalue weighted by Gasteiger charge is 2.25. The predicted octanol–water partition coefficient (Wildman–Crippen LogP) is 3.19. The molecular weight excluding hydrogens is 210 g/mol. The quantitative estimate of drug-likeness (QED) is 0.677. The minimum atomic E-state index is 0.0206. The SMILES string of the molecule is CC1Oc2ccccc2C=[N+]1c1ccccc1. The van der Waals surface area contributed by atoms with E-state index in [0.717, 1.165) is 17.0 Å². The fourth-order valence-electron chi connectivity index (χ4n) is 2.07. The molecule has 0 fully saturated rings. The fraction of sp³-hybridized carbons (Fsp3) is 0.133. The molecule has 84 valence electrons. The first-order chi connectivity index (χ1) is 8.34. The molecule has 2 aromatic rings. The molecule has 0 aromatic heterocycles. The number of ether oxygens (including phenoxy) is 1. The van der Waals surface area contributed by atoms with Crippen LogP contribution in [0.1, 0.15) is 12.5 Å². The average Bonchev–Trinajstić information content (AvgIpc) is 2.39. The van der Waals surface area contributed by atoms with Crippen molar-refractivity contribution in [2.45, 2.75) is 13.2 Å². The summed E-state index contributed by atoms with van der Waals surface area (Å²) < 4.78 is 8.03. The highest BCUT2D eigenvalue weighted by Crippen LogP contribution is 2.25. The molecule has 2 heteroatoms. The van der Waals surface area contributed by atoms with Crippen LogP contribution in [0.4, 0.5) is 5.69 Å². The van der Waals surface area contributed by atoms with E-state index in [1.807, 2.05) is 36.4 Å². The van der Waals surface area contributed by atoms with Gasteiger partial charge in [-0.15, -0.1) is 0 Å². The summed E-state index contributed by atoms with van der Waals surface area (Å²) >= 11 is 0. The standard InChI is InChI=1S/C15H14NO/c1-12-16(14-8-3-2-4-9-14)11-13-7-5-6-10-15(13)17-12/h2-12H,1H3/q+1. The minimum absolute atomic E-state index is 0.0206. The van der Waals surface area contributed by atoms with Gasteiger partial charge < -0.3 is 4.74 Å². The Labute approximate surface area is 101 Å². The van der Waals surface area contributed by atoms with Crippen LogP contribution in [0.25, 0.3) is 0 Å². The minimum Gasteiger partial charge on any atom is -0.433 e. The summed E-state index contributed by atoms with van der Waals surface area (Å²) in [4.78, 5) is 0. The van der Waals surface area contributed by atoms with Crippen LogP contribution in [-0.4, -0.2) is 17.0 Å². The van der Waals surface area contributed by atoms with Gasteiger partial charge in [0.25, 0.3) is 6.23 Å². The summed E-state index contributed by atoms with van der Waals surface area (Å²) in [7, 11) is 0. The van der Waals surface area contributed by atoms with Gasteiger partial charge in [0.15, 0.2) is 6.21 Å². The van der Waals surface area contributed by atoms with Crippen molar-refractivity contribution >= 4 is 11.9 Å². The molecular formula is C15H14NO+. The zero-order valence-corrected chi connectivity index (χ0v) is 9.71. The number of benzene rings is 2. The van der Waals surface area contributed by atoms with E-state index < -0.39 is 0 Å². The molecule has 0 bridgehead atoms. The van der Waals surface area contributed by atoms with Gasteiger partial charge in [-0.2, -0.15) is 4.58 Å². The van der Waals surface area contributed by atoms with Crippen molar-refractivity contribution in [3.05, 3.63) is 60.2 Å². The molecule has 1 aliphatic heterocycles. The van der Waals surface area contributed by atoms with Gasteiger partial charge in [-0.05, 0) is 12.1 Å². The molecule has 3 rings (SSSR count). The second-order valence-corrected chi connectivity index (χ2v) is 4.13. The molecule has 0 N–H and O–H groups in total. The van der Waals surface area contributed by atoms with Gasteiger partial charge in [-0.3, -0.25) is 0 Å². The molecule has 1 aliphatic rings. The van der Waals surface area contributed by atoms with Crippen LogP contribution in [0, 0.1) is 0 Å². The van der Waals surface area contributed by atoms with E-state index in [2.05, 4.69) is 35.9 Å². The summed E-state index contributed by atoms with van der Waals surface area (Å²) in [6.45, 7) is 2.06. The molecule has 0 saturated carbocycles. The van der Waals surface area contributed by atoms with Crippen molar-refractivity contribution in [1.29, 1.82) is 0 Å². The predicted molar refractivity (Wildman–Crippen MR) is 68.1 cm³/mol. The third-order valence-electron chi connectivity index (χ3n) is 2.94. The summed E-state index contributed by atoms with van der Waals surface area (Å²) in [5.74, 6) is 0.951. The summed E-state index contributed by atoms with van der Waals surface area (Å²) in [5, 5.41) is 0. The summed E-state index contributed by atoms with van der Waals surface area (Å²) in [6.07, 6.45) is 2.16. The highest BCUT2D eigenvalue weighted by atomic mass is 16.5. The maximum atomic E-state index is 5.89. The highest BCUT2D eigenvalue weighted by molar-refractivity contribution is 5.81. The van der Waals surface area contributed by atoms with Crippen LogP contribution in [0.3, 0.4) is 0 Å². The van der Waals surface area contributed by atoms with E-state index in [0.29, 0.717) is 0 Å². The Morgan fingerprint density at radius 2 is 1.65 bits per heavy atom. The molecule has 1 unspecified atom stereocenters. The van der Waals surface area contributed by atoms with Gasteiger partial charge in [0, 0.05) is 19.1 Å². The van der Waals surface area contributed by atoms with Crippen LogP contribution >= 0.6 is 0 Å². The first-order valence-corrected chi connectivity index (χ1v) is 5.78. The smallest absolute Gasteiger partial charge is 0.299 e. The molecule has 1 heterocycles. The topological polar surface area (TPSA) is 12.2 Å². The molecule has 0 saturated heterocycles. The lowest BCUT2D eigenvalue weighted by Gasteiger charge is -2.19. The van der Waals surface area contributed by atoms with Gasteiger partial charge in [0.2, 0.25) is 5.69 Å². The summed E-state index contributed by atoms with van der Waals surface area (Å²) in [6, 6.07) is 18.4. The number of nitrogens with zero attached hydrogens (tertiary/aromatic N) is 1. The number of hydrogen-bond donors (Lipinski definition) is 0. The number of para-hydroxylation sites is 2. The van der Waals surface area contributed by atoms with E-state index in [1.54, 1.807) is 0 Å². The zero-order valence-electron chi connectivity index (χ0n) is 9.71. The average molecular weight is 224 g/mol. The lowest BCUT2D eigenvalue weighted by Crippen LogP contribution is -2.30. The Hall–Kier alpha value is -2.09. The Balaban J connectivity index is 2.10. The Kier molecular flexibility index (Phi) is 2.41. The number of rotatable bonds is 1. The van der Waals surface area contributed by atoms with Gasteiger partial charge in [0.05, 0.1) is 5.56 Å². The first-order valence-electron chi connectivity index (χ1n) is 5.78. The Morgan fingerprint density at radius 1 is 0.941 bits per heavy atom. The third kappa shape index (κ3) is 1.82. The molecule has 2 nitrogen and oxygen atoms in total. The van der Waals surface area contributed by atoms with Crippen molar-refractivity contribution in [2.75, 3.05) is 0 Å². The van der Waals surface area contributed by atoms with Crippen molar-refractivity contribution in [3.63, 3.8) is 0 Å². The van der Waals surface area contributed by atoms with E-state index in [4.69, 9.17) is 4.74 Å². The van der Waals surface area contributed by atoms with Crippen molar-refractivity contribution in [2.24, 2.45) is 0 Å². The molecule has 0 spiro atoms. The van der Waals surface area contributed by atoms with Crippen LogP contribution < -0.4 is 4.74 Å². The largest absolute Gasteiger partial charge is 0.433 e. The monoisotopic (exact) mass is 224 g/mol. The molecule has 17 heavy (non-hydrogen) atoms. The first kappa shape index (κ1) is 10.1. The van der Waals surface area contributed by atoms with Crippen LogP contribution in [-0.2, 0) is 0 Å². The van der Waals surface area contributed by atoms with Crippen molar-refractivity contribution in [3.8, 4) is 5.75 Å². The van der Waals surface area contributed by atoms with Gasteiger partial charge >= 0.3 is 0 Å². The summed E-state index contributed by atoms with van der Waals surface area (Å²) in [5.41, 5.74) is 2.27. The maximum Gasteiger partial charge on any atom is 0.299 e. The third-order valence-corrected chi connectivity index (χ3v) is 2.94. The zero-order chi connectivity index (χ0) is 11.7. The van der Waals surface area contributed by atoms with E-state index in [1.165, 1.54) is 0 Å². The van der Waals surface area contributed by atoms with E-state index in [-0.39, 0.29) is 6.23 Å². The van der Waals surface area contributed by atoms with Crippen LogP contribution in [0.15, 0.2) is 54.6 Å². The van der Waals surface area contributed by atoms with Gasteiger partial charge in [-0.1, -0.05) is 30.3 Å². The van der Waals surface area contributed by atoms with Crippen molar-refractivity contribution in [1.82, 2.24) is 0 Å². The Morgan fingerprint density at radius 3 is 2.47 bits per heavy atom. The van der Waals surface area contributed by atoms with Crippen LogP contribution in [0.5, 0.6) is 5.75 Å². The van der Waals surface area contributed by atoms with E-state index >= 15 is 0 Å². The van der Waals surface area contributed by atoms with E-state index in [9.17, 15) is 0 Å². The Bertz CT molecular complexity index is 560.